The van der Waals surface area contributed by atoms with Crippen molar-refractivity contribution < 1.29 is 28.8 Å². The molecule has 2 unspecified atom stereocenters. The Kier molecular flexibility index (Phi) is 14.3. The fraction of sp³-hybridized carbons (Fsp3) is 0.767. The zero-order valence-electron chi connectivity index (χ0n) is 27.3. The molecule has 256 valence electrons. The summed E-state index contributed by atoms with van der Waals surface area (Å²) in [5.41, 5.74) is 0. The Balaban J connectivity index is 1.63. The Hall–Kier alpha value is -3.18. The van der Waals surface area contributed by atoms with Crippen LogP contribution in [0.2, 0.25) is 0 Å². The van der Waals surface area contributed by atoms with Crippen molar-refractivity contribution in [3.05, 3.63) is 5.82 Å². The topological polar surface area (TPSA) is 208 Å². The molecule has 15 nitrogen and oxygen atoms in total. The number of tetrazole rings is 1. The van der Waals surface area contributed by atoms with Gasteiger partial charge in [0.25, 0.3) is 5.91 Å². The van der Waals surface area contributed by atoms with Crippen molar-refractivity contribution >= 4 is 57.9 Å². The van der Waals surface area contributed by atoms with Gasteiger partial charge in [-0.1, -0.05) is 68.8 Å². The Morgan fingerprint density at radius 3 is 2.26 bits per heavy atom. The highest BCUT2D eigenvalue weighted by Gasteiger charge is 2.43. The number of alkyl halides is 1. The first-order valence-corrected chi connectivity index (χ1v) is 17.5. The normalized spacial score (nSPS) is 19.8. The number of carbonyl (C=O) groups excluding carboxylic acids is 6. The number of ketones is 1. The van der Waals surface area contributed by atoms with E-state index in [-0.39, 0.29) is 34.1 Å². The molecule has 1 aromatic rings. The third kappa shape index (κ3) is 11.0. The zero-order chi connectivity index (χ0) is 34.0. The van der Waals surface area contributed by atoms with Crippen molar-refractivity contribution in [3.63, 3.8) is 0 Å². The van der Waals surface area contributed by atoms with Gasteiger partial charge in [-0.15, -0.1) is 10.2 Å². The minimum Gasteiger partial charge on any atom is -0.347 e. The SMILES string of the molecule is CCCC(NC(=O)[C@@H]1CC(I)CN1C(=O)[C@@H](NC(=O)[C@H](NC(=O)CCCCc1nn[nH]n1)C(C)C)C(C)C)C(=O)C(=O)NC1CC1. The van der Waals surface area contributed by atoms with E-state index >= 15 is 0 Å². The molecule has 1 saturated heterocycles. The van der Waals surface area contributed by atoms with Gasteiger partial charge in [-0.2, -0.15) is 5.21 Å². The maximum Gasteiger partial charge on any atom is 0.289 e. The number of nitrogens with zero attached hydrogens (tertiary/aromatic N) is 4. The molecule has 1 aliphatic carbocycles. The molecule has 0 radical (unpaired) electrons. The Bertz CT molecular complexity index is 1220. The third-order valence-electron chi connectivity index (χ3n) is 8.12. The van der Waals surface area contributed by atoms with Crippen LogP contribution in [0, 0.1) is 11.8 Å². The van der Waals surface area contributed by atoms with Crippen LogP contribution in [0.15, 0.2) is 0 Å². The van der Waals surface area contributed by atoms with Crippen molar-refractivity contribution in [1.29, 1.82) is 0 Å². The maximum atomic E-state index is 13.9. The van der Waals surface area contributed by atoms with E-state index in [9.17, 15) is 28.8 Å². The van der Waals surface area contributed by atoms with Crippen molar-refractivity contribution in [2.75, 3.05) is 6.54 Å². The zero-order valence-corrected chi connectivity index (χ0v) is 29.5. The third-order valence-corrected chi connectivity index (χ3v) is 9.02. The first kappa shape index (κ1) is 37.3. The predicted molar refractivity (Wildman–Crippen MR) is 176 cm³/mol. The number of Topliss-reactive ketones (excluding diaryl/α,β-unsaturated/α-hetero) is 1. The first-order valence-electron chi connectivity index (χ1n) is 16.2. The lowest BCUT2D eigenvalue weighted by Crippen LogP contribution is -2.59. The Morgan fingerprint density at radius 1 is 0.978 bits per heavy atom. The summed E-state index contributed by atoms with van der Waals surface area (Å²) in [7, 11) is 0. The molecule has 2 aliphatic rings. The van der Waals surface area contributed by atoms with E-state index in [2.05, 4.69) is 64.5 Å². The smallest absolute Gasteiger partial charge is 0.289 e. The van der Waals surface area contributed by atoms with Crippen molar-refractivity contribution in [2.24, 2.45) is 11.8 Å². The van der Waals surface area contributed by atoms with E-state index in [0.29, 0.717) is 50.9 Å². The lowest BCUT2D eigenvalue weighted by molar-refractivity contribution is -0.144. The van der Waals surface area contributed by atoms with Crippen LogP contribution >= 0.6 is 22.6 Å². The summed E-state index contributed by atoms with van der Waals surface area (Å²) in [5.74, 6) is -3.06. The number of hydrogen-bond donors (Lipinski definition) is 5. The van der Waals surface area contributed by atoms with Gasteiger partial charge in [0.05, 0.1) is 6.04 Å². The van der Waals surface area contributed by atoms with Crippen molar-refractivity contribution in [1.82, 2.24) is 46.8 Å². The molecule has 5 N–H and O–H groups in total. The minimum absolute atomic E-state index is 0.0117. The maximum absolute atomic E-state index is 13.9. The number of unbranched alkanes of at least 4 members (excludes halogenated alkanes) is 1. The number of hydrogen-bond acceptors (Lipinski definition) is 9. The van der Waals surface area contributed by atoms with E-state index in [0.717, 1.165) is 12.8 Å². The number of carbonyl (C=O) groups is 6. The molecule has 1 saturated carbocycles. The molecule has 2 heterocycles. The fourth-order valence-electron chi connectivity index (χ4n) is 5.32. The van der Waals surface area contributed by atoms with Crippen molar-refractivity contribution in [3.8, 4) is 0 Å². The second-order valence-corrected chi connectivity index (χ2v) is 14.6. The van der Waals surface area contributed by atoms with Gasteiger partial charge < -0.3 is 26.2 Å². The standard InChI is InChI=1S/C30H48IN9O6/c1-6-9-20(26(42)29(45)32-19-12-13-19)33-27(43)21-14-18(31)15-40(21)30(46)25(17(4)5)35-28(44)24(16(2)3)34-23(41)11-8-7-10-22-36-38-39-37-22/h16-21,24-25H,6-15H2,1-5H3,(H,32,45)(H,33,43)(H,34,41)(H,35,44)(H,36,37,38,39)/t18?,20?,21-,24+,25-/m0/s1. The summed E-state index contributed by atoms with van der Waals surface area (Å²) >= 11 is 2.19. The van der Waals surface area contributed by atoms with Gasteiger partial charge in [0, 0.05) is 29.4 Å². The summed E-state index contributed by atoms with van der Waals surface area (Å²) in [6.45, 7) is 9.38. The van der Waals surface area contributed by atoms with Crippen LogP contribution < -0.4 is 21.3 Å². The van der Waals surface area contributed by atoms with Gasteiger partial charge in [0.15, 0.2) is 5.82 Å². The summed E-state index contributed by atoms with van der Waals surface area (Å²) in [4.78, 5) is 80.4. The average molecular weight is 758 g/mol. The van der Waals surface area contributed by atoms with E-state index in [1.807, 2.05) is 20.8 Å². The predicted octanol–water partition coefficient (Wildman–Crippen LogP) is 0.731. The molecule has 3 rings (SSSR count). The molecule has 0 bridgehead atoms. The second kappa shape index (κ2) is 17.7. The van der Waals surface area contributed by atoms with Gasteiger partial charge in [-0.25, -0.2) is 0 Å². The molecule has 2 fully saturated rings. The van der Waals surface area contributed by atoms with E-state index in [4.69, 9.17) is 0 Å². The number of likely N-dealkylation sites (tertiary alicyclic amines) is 1. The highest BCUT2D eigenvalue weighted by molar-refractivity contribution is 14.1. The number of halogens is 1. The number of aromatic amines is 1. The van der Waals surface area contributed by atoms with Gasteiger partial charge in [-0.05, 0) is 50.4 Å². The van der Waals surface area contributed by atoms with Crippen LogP contribution in [-0.2, 0) is 35.2 Å². The van der Waals surface area contributed by atoms with Crippen LogP contribution in [0.25, 0.3) is 0 Å². The van der Waals surface area contributed by atoms with E-state index < -0.39 is 53.6 Å². The van der Waals surface area contributed by atoms with Crippen molar-refractivity contribution in [2.45, 2.75) is 127 Å². The lowest BCUT2D eigenvalue weighted by atomic mass is 9.98. The molecule has 0 spiro atoms. The summed E-state index contributed by atoms with van der Waals surface area (Å²) < 4.78 is -0.0259. The number of aromatic nitrogens is 4. The highest BCUT2D eigenvalue weighted by Crippen LogP contribution is 2.26. The van der Waals surface area contributed by atoms with Crippen LogP contribution in [0.3, 0.4) is 0 Å². The highest BCUT2D eigenvalue weighted by atomic mass is 127. The van der Waals surface area contributed by atoms with Crippen LogP contribution in [0.1, 0.15) is 91.8 Å². The number of aryl methyl sites for hydroxylation is 1. The molecular formula is C30H48IN9O6. The monoisotopic (exact) mass is 757 g/mol. The number of rotatable bonds is 18. The largest absolute Gasteiger partial charge is 0.347 e. The number of amides is 5. The lowest BCUT2D eigenvalue weighted by Gasteiger charge is -2.32. The minimum atomic E-state index is -0.989. The summed E-state index contributed by atoms with van der Waals surface area (Å²) in [6.07, 6.45) is 4.96. The molecule has 46 heavy (non-hydrogen) atoms. The molecular weight excluding hydrogens is 709 g/mol. The van der Waals surface area contributed by atoms with Crippen LogP contribution in [0.4, 0.5) is 0 Å². The fourth-order valence-corrected chi connectivity index (χ4v) is 6.22. The molecule has 1 aromatic heterocycles. The molecule has 0 aromatic carbocycles. The van der Waals surface area contributed by atoms with Gasteiger partial charge in [-0.3, -0.25) is 28.8 Å². The quantitative estimate of drug-likeness (QED) is 0.0619. The first-order chi connectivity index (χ1) is 21.8. The Morgan fingerprint density at radius 2 is 1.67 bits per heavy atom. The van der Waals surface area contributed by atoms with Gasteiger partial charge >= 0.3 is 0 Å². The molecule has 1 aliphatic heterocycles. The van der Waals surface area contributed by atoms with Gasteiger partial charge in [0.2, 0.25) is 29.4 Å². The summed E-state index contributed by atoms with van der Waals surface area (Å²) in [5, 5.41) is 24.8. The van der Waals surface area contributed by atoms with Crippen LogP contribution in [-0.4, -0.2) is 102 Å². The molecule has 5 atom stereocenters. The van der Waals surface area contributed by atoms with E-state index in [1.165, 1.54) is 4.90 Å². The Labute approximate surface area is 283 Å². The molecule has 5 amide bonds. The van der Waals surface area contributed by atoms with E-state index in [1.54, 1.807) is 13.8 Å². The summed E-state index contributed by atoms with van der Waals surface area (Å²) in [6, 6.07) is -3.65. The van der Waals surface area contributed by atoms with Crippen LogP contribution in [0.5, 0.6) is 0 Å². The van der Waals surface area contributed by atoms with Gasteiger partial charge in [0.1, 0.15) is 18.1 Å². The number of H-pyrrole nitrogens is 1. The molecule has 16 heteroatoms. The second-order valence-electron chi connectivity index (χ2n) is 12.9. The average Bonchev–Trinajstić information content (AvgIpc) is 3.48. The number of nitrogens with one attached hydrogen (secondary N) is 5.